The van der Waals surface area contributed by atoms with Crippen LogP contribution < -0.4 is 10.0 Å². The number of furan rings is 1. The third-order valence-corrected chi connectivity index (χ3v) is 5.62. The van der Waals surface area contributed by atoms with Crippen LogP contribution in [0.15, 0.2) is 41.0 Å². The Labute approximate surface area is 156 Å². The van der Waals surface area contributed by atoms with Gasteiger partial charge in [-0.1, -0.05) is 0 Å². The van der Waals surface area contributed by atoms with Crippen molar-refractivity contribution in [1.29, 1.82) is 0 Å². The van der Waals surface area contributed by atoms with Gasteiger partial charge in [0.1, 0.15) is 11.8 Å². The molecule has 2 amide bonds. The van der Waals surface area contributed by atoms with Crippen molar-refractivity contribution in [2.45, 2.75) is 24.9 Å². The first-order valence-corrected chi connectivity index (χ1v) is 10.5. The number of fused-ring (bicyclic) bond motifs is 2. The predicted molar refractivity (Wildman–Crippen MR) is 98.6 cm³/mol. The molecule has 8 nitrogen and oxygen atoms in total. The summed E-state index contributed by atoms with van der Waals surface area (Å²) in [5.74, 6) is 0.0706. The summed E-state index contributed by atoms with van der Waals surface area (Å²) in [6.45, 7) is 0.300. The Morgan fingerprint density at radius 2 is 2.07 bits per heavy atom. The summed E-state index contributed by atoms with van der Waals surface area (Å²) in [4.78, 5) is 27.3. The minimum atomic E-state index is -3.38. The van der Waals surface area contributed by atoms with E-state index in [-0.39, 0.29) is 24.3 Å². The number of piperidine rings is 1. The second kappa shape index (κ2) is 6.50. The molecule has 1 aromatic heterocycles. The molecule has 0 saturated carbocycles. The Morgan fingerprint density at radius 1 is 1.26 bits per heavy atom. The van der Waals surface area contributed by atoms with Gasteiger partial charge in [-0.15, -0.1) is 0 Å². The highest BCUT2D eigenvalue weighted by Gasteiger charge is 2.40. The number of benzene rings is 1. The minimum absolute atomic E-state index is 0.240. The number of rotatable bonds is 3. The van der Waals surface area contributed by atoms with Crippen LogP contribution in [-0.2, 0) is 14.8 Å². The summed E-state index contributed by atoms with van der Waals surface area (Å²) < 4.78 is 30.9. The van der Waals surface area contributed by atoms with Crippen molar-refractivity contribution in [2.24, 2.45) is 0 Å². The lowest BCUT2D eigenvalue weighted by Gasteiger charge is -2.37. The van der Waals surface area contributed by atoms with Gasteiger partial charge < -0.3 is 14.6 Å². The number of carbonyl (C=O) groups excluding carboxylic acids is 2. The molecule has 4 rings (SSSR count). The molecule has 1 saturated heterocycles. The number of nitrogens with zero attached hydrogens (tertiary/aromatic N) is 1. The number of hydrogen-bond donors (Lipinski definition) is 2. The van der Waals surface area contributed by atoms with Crippen LogP contribution in [0.5, 0.6) is 0 Å². The average molecular weight is 389 g/mol. The van der Waals surface area contributed by atoms with E-state index in [0.29, 0.717) is 30.0 Å². The molecule has 0 bridgehead atoms. The Hall–Kier alpha value is -2.65. The zero-order valence-corrected chi connectivity index (χ0v) is 15.5. The molecule has 2 unspecified atom stereocenters. The number of carbonyl (C=O) groups is 2. The van der Waals surface area contributed by atoms with Gasteiger partial charge in [0, 0.05) is 18.2 Å². The van der Waals surface area contributed by atoms with Crippen LogP contribution >= 0.6 is 0 Å². The topological polar surface area (TPSA) is 109 Å². The molecule has 1 aromatic carbocycles. The fourth-order valence-electron chi connectivity index (χ4n) is 3.66. The van der Waals surface area contributed by atoms with E-state index in [1.165, 1.54) is 4.90 Å². The zero-order chi connectivity index (χ0) is 19.2. The van der Waals surface area contributed by atoms with Gasteiger partial charge in [0.15, 0.2) is 0 Å². The minimum Gasteiger partial charge on any atom is -0.464 e. The van der Waals surface area contributed by atoms with E-state index in [1.54, 1.807) is 36.6 Å². The van der Waals surface area contributed by atoms with Gasteiger partial charge in [-0.25, -0.2) is 13.1 Å². The fraction of sp³-hybridized carbons (Fsp3) is 0.333. The summed E-state index contributed by atoms with van der Waals surface area (Å²) in [6, 6.07) is 7.65. The molecule has 3 heterocycles. The Morgan fingerprint density at radius 3 is 2.78 bits per heavy atom. The van der Waals surface area contributed by atoms with Crippen molar-refractivity contribution in [3.05, 3.63) is 42.2 Å². The lowest BCUT2D eigenvalue weighted by atomic mass is 9.97. The first-order chi connectivity index (χ1) is 12.8. The second-order valence-corrected chi connectivity index (χ2v) is 8.63. The van der Waals surface area contributed by atoms with Crippen molar-refractivity contribution < 1.29 is 22.4 Å². The maximum absolute atomic E-state index is 13.1. The van der Waals surface area contributed by atoms with Gasteiger partial charge in [-0.3, -0.25) is 9.59 Å². The average Bonchev–Trinajstić information content (AvgIpc) is 3.11. The molecule has 142 valence electrons. The lowest BCUT2D eigenvalue weighted by molar-refractivity contribution is -0.121. The molecule has 9 heteroatoms. The summed E-state index contributed by atoms with van der Waals surface area (Å²) >= 11 is 0. The first-order valence-electron chi connectivity index (χ1n) is 8.59. The zero-order valence-electron chi connectivity index (χ0n) is 14.6. The first kappa shape index (κ1) is 17.7. The largest absolute Gasteiger partial charge is 0.464 e. The smallest absolute Gasteiger partial charge is 0.256 e. The summed E-state index contributed by atoms with van der Waals surface area (Å²) in [6.07, 6.45) is 3.34. The Balaban J connectivity index is 1.65. The number of anilines is 1. The molecule has 2 aliphatic heterocycles. The molecular formula is C18H19N3O5S. The Kier molecular flexibility index (Phi) is 4.27. The van der Waals surface area contributed by atoms with Crippen LogP contribution in [-0.4, -0.2) is 50.0 Å². The lowest BCUT2D eigenvalue weighted by Crippen LogP contribution is -2.54. The molecule has 0 aliphatic carbocycles. The quantitative estimate of drug-likeness (QED) is 0.825. The molecule has 1 fully saturated rings. The highest BCUT2D eigenvalue weighted by molar-refractivity contribution is 7.88. The third-order valence-electron chi connectivity index (χ3n) is 4.86. The standard InChI is InChI=1S/C18H19N3O5S/c1-27(24,25)20-12-6-7-21-15(10-12)17(22)19-14-5-4-11(9-13(14)18(21)23)16-3-2-8-26-16/h2-5,8-9,12,15,20H,6-7,10H2,1H3,(H,19,22). The highest BCUT2D eigenvalue weighted by Crippen LogP contribution is 2.32. The summed E-state index contributed by atoms with van der Waals surface area (Å²) in [7, 11) is -3.38. The van der Waals surface area contributed by atoms with Gasteiger partial charge in [-0.2, -0.15) is 0 Å². The van der Waals surface area contributed by atoms with E-state index in [4.69, 9.17) is 4.42 Å². The van der Waals surface area contributed by atoms with Crippen molar-refractivity contribution >= 4 is 27.5 Å². The van der Waals surface area contributed by atoms with E-state index < -0.39 is 16.1 Å². The summed E-state index contributed by atoms with van der Waals surface area (Å²) in [5.41, 5.74) is 1.59. The van der Waals surface area contributed by atoms with Crippen molar-refractivity contribution in [3.63, 3.8) is 0 Å². The van der Waals surface area contributed by atoms with Gasteiger partial charge in [0.2, 0.25) is 15.9 Å². The maximum atomic E-state index is 13.1. The van der Waals surface area contributed by atoms with E-state index >= 15 is 0 Å². The van der Waals surface area contributed by atoms with Gasteiger partial charge >= 0.3 is 0 Å². The third kappa shape index (κ3) is 3.47. The van der Waals surface area contributed by atoms with Crippen LogP contribution in [0.4, 0.5) is 5.69 Å². The summed E-state index contributed by atoms with van der Waals surface area (Å²) in [5, 5.41) is 2.80. The fourth-order valence-corrected chi connectivity index (χ4v) is 4.48. The van der Waals surface area contributed by atoms with Crippen LogP contribution in [0.2, 0.25) is 0 Å². The van der Waals surface area contributed by atoms with E-state index in [0.717, 1.165) is 11.8 Å². The SMILES string of the molecule is CS(=O)(=O)NC1CCN2C(=O)c3cc(-c4ccco4)ccc3NC(=O)C2C1. The normalized spacial score (nSPS) is 22.6. The monoisotopic (exact) mass is 389 g/mol. The molecule has 2 aromatic rings. The molecular weight excluding hydrogens is 370 g/mol. The van der Waals surface area contributed by atoms with E-state index in [9.17, 15) is 18.0 Å². The van der Waals surface area contributed by atoms with Gasteiger partial charge in [-0.05, 0) is 43.2 Å². The molecule has 2 atom stereocenters. The molecule has 27 heavy (non-hydrogen) atoms. The number of amides is 2. The van der Waals surface area contributed by atoms with E-state index in [2.05, 4.69) is 10.0 Å². The second-order valence-electron chi connectivity index (χ2n) is 6.85. The van der Waals surface area contributed by atoms with Crippen LogP contribution in [0, 0.1) is 0 Å². The molecule has 0 spiro atoms. The molecule has 2 N–H and O–H groups in total. The maximum Gasteiger partial charge on any atom is 0.256 e. The van der Waals surface area contributed by atoms with Crippen molar-refractivity contribution in [1.82, 2.24) is 9.62 Å². The molecule has 0 radical (unpaired) electrons. The molecule has 2 aliphatic rings. The number of nitrogens with one attached hydrogen (secondary N) is 2. The van der Waals surface area contributed by atoms with Gasteiger partial charge in [0.25, 0.3) is 5.91 Å². The Bertz CT molecular complexity index is 1000. The van der Waals surface area contributed by atoms with Crippen molar-refractivity contribution in [2.75, 3.05) is 18.1 Å². The highest BCUT2D eigenvalue weighted by atomic mass is 32.2. The van der Waals surface area contributed by atoms with Crippen LogP contribution in [0.3, 0.4) is 0 Å². The van der Waals surface area contributed by atoms with Crippen molar-refractivity contribution in [3.8, 4) is 11.3 Å². The number of sulfonamides is 1. The van der Waals surface area contributed by atoms with Gasteiger partial charge in [0.05, 0.1) is 23.8 Å². The predicted octanol–water partition coefficient (Wildman–Crippen LogP) is 1.42. The van der Waals surface area contributed by atoms with E-state index in [1.807, 2.05) is 0 Å². The van der Waals surface area contributed by atoms with Crippen LogP contribution in [0.1, 0.15) is 23.2 Å². The van der Waals surface area contributed by atoms with Crippen LogP contribution in [0.25, 0.3) is 11.3 Å². The number of hydrogen-bond acceptors (Lipinski definition) is 5.